The third kappa shape index (κ3) is 1.86. The molecule has 0 bridgehead atoms. The molecule has 1 aliphatic carbocycles. The second-order valence-corrected chi connectivity index (χ2v) is 3.14. The van der Waals surface area contributed by atoms with Gasteiger partial charge in [0, 0.05) is 12.2 Å². The van der Waals surface area contributed by atoms with E-state index in [2.05, 4.69) is 25.7 Å². The van der Waals surface area contributed by atoms with Gasteiger partial charge in [-0.1, -0.05) is 6.58 Å². The topological polar surface area (TPSA) is 12.0 Å². The van der Waals surface area contributed by atoms with E-state index in [0.29, 0.717) is 0 Å². The summed E-state index contributed by atoms with van der Waals surface area (Å²) in [6.45, 7) is 9.37. The van der Waals surface area contributed by atoms with Crippen molar-refractivity contribution in [1.82, 2.24) is 5.32 Å². The Morgan fingerprint density at radius 3 is 2.73 bits per heavy atom. The molecule has 0 saturated heterocycles. The molecule has 1 N–H and O–H groups in total. The van der Waals surface area contributed by atoms with Gasteiger partial charge >= 0.3 is 0 Å². The molecule has 0 unspecified atom stereocenters. The van der Waals surface area contributed by atoms with E-state index in [0.717, 1.165) is 6.54 Å². The minimum absolute atomic E-state index is 1.01. The maximum atomic E-state index is 4.04. The second kappa shape index (κ2) is 3.61. The lowest BCUT2D eigenvalue weighted by molar-refractivity contribution is 0.713. The van der Waals surface area contributed by atoms with Crippen LogP contribution in [0.3, 0.4) is 0 Å². The summed E-state index contributed by atoms with van der Waals surface area (Å²) in [6.07, 6.45) is 3.68. The first-order chi connectivity index (χ1) is 5.25. The Balaban J connectivity index is 2.74. The van der Waals surface area contributed by atoms with Crippen LogP contribution in [0.15, 0.2) is 23.4 Å². The molecule has 0 aromatic heterocycles. The van der Waals surface area contributed by atoms with E-state index in [4.69, 9.17) is 0 Å². The van der Waals surface area contributed by atoms with Gasteiger partial charge in [0.2, 0.25) is 0 Å². The van der Waals surface area contributed by atoms with Crippen molar-refractivity contribution in [3.8, 4) is 0 Å². The predicted octanol–water partition coefficient (Wildman–Crippen LogP) is 2.61. The summed E-state index contributed by atoms with van der Waals surface area (Å²) in [4.78, 5) is 0. The van der Waals surface area contributed by atoms with Crippen LogP contribution < -0.4 is 5.32 Å². The molecule has 0 spiro atoms. The van der Waals surface area contributed by atoms with Gasteiger partial charge in [-0.3, -0.25) is 0 Å². The molecule has 62 valence electrons. The SMILES string of the molecule is C=C1CCCC(C)=C1NCC. The summed E-state index contributed by atoms with van der Waals surface area (Å²) in [5, 5.41) is 3.36. The van der Waals surface area contributed by atoms with Crippen molar-refractivity contribution in [3.05, 3.63) is 23.4 Å². The number of nitrogens with one attached hydrogen (secondary N) is 1. The third-order valence-corrected chi connectivity index (χ3v) is 2.16. The van der Waals surface area contributed by atoms with Crippen molar-refractivity contribution in [2.45, 2.75) is 33.1 Å². The maximum absolute atomic E-state index is 4.04. The fourth-order valence-corrected chi connectivity index (χ4v) is 1.57. The van der Waals surface area contributed by atoms with E-state index in [-0.39, 0.29) is 0 Å². The molecule has 0 atom stereocenters. The van der Waals surface area contributed by atoms with E-state index in [1.165, 1.54) is 36.1 Å². The zero-order valence-electron chi connectivity index (χ0n) is 7.54. The number of hydrogen-bond acceptors (Lipinski definition) is 1. The first kappa shape index (κ1) is 8.38. The number of likely N-dealkylation sites (N-methyl/N-ethyl adjacent to an activating group) is 1. The average molecular weight is 151 g/mol. The van der Waals surface area contributed by atoms with E-state index in [1.54, 1.807) is 0 Å². The summed E-state index contributed by atoms with van der Waals surface area (Å²) < 4.78 is 0. The van der Waals surface area contributed by atoms with Gasteiger partial charge < -0.3 is 5.32 Å². The maximum Gasteiger partial charge on any atom is 0.0355 e. The van der Waals surface area contributed by atoms with Crippen LogP contribution in [0.25, 0.3) is 0 Å². The molecule has 0 aromatic carbocycles. The third-order valence-electron chi connectivity index (χ3n) is 2.16. The van der Waals surface area contributed by atoms with Crippen LogP contribution in [-0.2, 0) is 0 Å². The number of hydrogen-bond donors (Lipinski definition) is 1. The van der Waals surface area contributed by atoms with Crippen LogP contribution in [0.5, 0.6) is 0 Å². The highest BCUT2D eigenvalue weighted by Gasteiger charge is 2.11. The van der Waals surface area contributed by atoms with Crippen molar-refractivity contribution < 1.29 is 0 Å². The summed E-state index contributed by atoms with van der Waals surface area (Å²) in [6, 6.07) is 0. The van der Waals surface area contributed by atoms with E-state index < -0.39 is 0 Å². The zero-order chi connectivity index (χ0) is 8.27. The molecule has 0 radical (unpaired) electrons. The average Bonchev–Trinajstić information content (AvgIpc) is 1.97. The van der Waals surface area contributed by atoms with Crippen molar-refractivity contribution in [2.24, 2.45) is 0 Å². The van der Waals surface area contributed by atoms with Gasteiger partial charge in [-0.2, -0.15) is 0 Å². The Morgan fingerprint density at radius 2 is 2.18 bits per heavy atom. The Bertz CT molecular complexity index is 189. The van der Waals surface area contributed by atoms with Crippen LogP contribution >= 0.6 is 0 Å². The minimum Gasteiger partial charge on any atom is -0.385 e. The van der Waals surface area contributed by atoms with Crippen LogP contribution in [-0.4, -0.2) is 6.54 Å². The first-order valence-electron chi connectivity index (χ1n) is 4.37. The predicted molar refractivity (Wildman–Crippen MR) is 49.4 cm³/mol. The van der Waals surface area contributed by atoms with E-state index in [9.17, 15) is 0 Å². The van der Waals surface area contributed by atoms with Gasteiger partial charge in [0.1, 0.15) is 0 Å². The fraction of sp³-hybridized carbons (Fsp3) is 0.600. The van der Waals surface area contributed by atoms with Gasteiger partial charge in [-0.25, -0.2) is 0 Å². The van der Waals surface area contributed by atoms with Crippen molar-refractivity contribution in [3.63, 3.8) is 0 Å². The Morgan fingerprint density at radius 1 is 1.45 bits per heavy atom. The summed E-state index contributed by atoms with van der Waals surface area (Å²) >= 11 is 0. The van der Waals surface area contributed by atoms with Crippen molar-refractivity contribution in [2.75, 3.05) is 6.54 Å². The molecular weight excluding hydrogens is 134 g/mol. The zero-order valence-corrected chi connectivity index (χ0v) is 7.54. The molecule has 0 aromatic rings. The largest absolute Gasteiger partial charge is 0.385 e. The summed E-state index contributed by atoms with van der Waals surface area (Å²) in [7, 11) is 0. The minimum atomic E-state index is 1.01. The first-order valence-corrected chi connectivity index (χ1v) is 4.37. The van der Waals surface area contributed by atoms with Crippen LogP contribution in [0.1, 0.15) is 33.1 Å². The highest BCUT2D eigenvalue weighted by atomic mass is 14.9. The second-order valence-electron chi connectivity index (χ2n) is 3.14. The van der Waals surface area contributed by atoms with Gasteiger partial charge in [0.05, 0.1) is 0 Å². The Kier molecular flexibility index (Phi) is 2.75. The fourth-order valence-electron chi connectivity index (χ4n) is 1.57. The standard InChI is InChI=1S/C10H17N/c1-4-11-10-8(2)6-5-7-9(10)3/h11H,2,4-7H2,1,3H3. The van der Waals surface area contributed by atoms with Gasteiger partial charge in [0.15, 0.2) is 0 Å². The molecule has 1 aliphatic rings. The quantitative estimate of drug-likeness (QED) is 0.639. The molecule has 0 heterocycles. The molecule has 1 nitrogen and oxygen atoms in total. The molecule has 0 amide bonds. The van der Waals surface area contributed by atoms with E-state index in [1.807, 2.05) is 0 Å². The molecule has 0 fully saturated rings. The smallest absolute Gasteiger partial charge is 0.0355 e. The van der Waals surface area contributed by atoms with Crippen LogP contribution in [0.4, 0.5) is 0 Å². The van der Waals surface area contributed by atoms with E-state index >= 15 is 0 Å². The van der Waals surface area contributed by atoms with Gasteiger partial charge in [-0.05, 0) is 44.3 Å². The molecular formula is C10H17N. The molecule has 0 saturated carbocycles. The monoisotopic (exact) mass is 151 g/mol. The summed E-state index contributed by atoms with van der Waals surface area (Å²) in [5.41, 5.74) is 4.08. The molecule has 1 heteroatoms. The molecule has 1 rings (SSSR count). The lowest BCUT2D eigenvalue weighted by Gasteiger charge is -2.20. The summed E-state index contributed by atoms with van der Waals surface area (Å²) in [5.74, 6) is 0. The number of allylic oxidation sites excluding steroid dienone is 2. The highest BCUT2D eigenvalue weighted by Crippen LogP contribution is 2.25. The molecule has 0 aliphatic heterocycles. The van der Waals surface area contributed by atoms with Gasteiger partial charge in [0.25, 0.3) is 0 Å². The Labute approximate surface area is 69.2 Å². The highest BCUT2D eigenvalue weighted by molar-refractivity contribution is 5.33. The molecule has 11 heavy (non-hydrogen) atoms. The van der Waals surface area contributed by atoms with Crippen LogP contribution in [0.2, 0.25) is 0 Å². The lowest BCUT2D eigenvalue weighted by Crippen LogP contribution is -2.18. The normalized spacial score (nSPS) is 18.9. The van der Waals surface area contributed by atoms with Crippen molar-refractivity contribution >= 4 is 0 Å². The number of rotatable bonds is 2. The van der Waals surface area contributed by atoms with Crippen LogP contribution in [0, 0.1) is 0 Å². The lowest BCUT2D eigenvalue weighted by atomic mass is 9.94. The van der Waals surface area contributed by atoms with Gasteiger partial charge in [-0.15, -0.1) is 0 Å². The van der Waals surface area contributed by atoms with Crippen molar-refractivity contribution in [1.29, 1.82) is 0 Å². The Hall–Kier alpha value is -0.720.